The zero-order valence-electron chi connectivity index (χ0n) is 16.2. The molecule has 0 radical (unpaired) electrons. The van der Waals surface area contributed by atoms with E-state index in [2.05, 4.69) is 20.6 Å². The molecule has 0 bridgehead atoms. The highest BCUT2D eigenvalue weighted by molar-refractivity contribution is 7.13. The molecule has 31 heavy (non-hydrogen) atoms. The van der Waals surface area contributed by atoms with E-state index in [-0.39, 0.29) is 30.4 Å². The summed E-state index contributed by atoms with van der Waals surface area (Å²) in [4.78, 5) is 44.6. The number of benzene rings is 1. The Kier molecular flexibility index (Phi) is 5.62. The number of rotatable bonds is 6. The van der Waals surface area contributed by atoms with E-state index < -0.39 is 23.9 Å². The standard InChI is InChI=1S/C19H17FN6O4S/c1-11(27)22-7-13-8-26(19(29)30-13)12-2-3-16(14(20)6-12)25-9-15(23-10-25)17(28)24-18-21-4-5-31-18/h2-6,9-10,13H,7-8H2,1H3,(H,22,27)(H,21,24,28)/t13-/m0/s1. The van der Waals surface area contributed by atoms with Crippen LogP contribution in [0.5, 0.6) is 0 Å². The highest BCUT2D eigenvalue weighted by atomic mass is 32.1. The van der Waals surface area contributed by atoms with E-state index in [0.29, 0.717) is 10.8 Å². The third kappa shape index (κ3) is 4.53. The van der Waals surface area contributed by atoms with Crippen LogP contribution in [-0.2, 0) is 9.53 Å². The van der Waals surface area contributed by atoms with Crippen molar-refractivity contribution in [2.24, 2.45) is 0 Å². The molecule has 1 aliphatic heterocycles. The van der Waals surface area contributed by atoms with Gasteiger partial charge in [0.2, 0.25) is 5.91 Å². The van der Waals surface area contributed by atoms with Crippen molar-refractivity contribution in [2.45, 2.75) is 13.0 Å². The van der Waals surface area contributed by atoms with Gasteiger partial charge in [0.1, 0.15) is 23.9 Å². The van der Waals surface area contributed by atoms with E-state index in [0.717, 1.165) is 0 Å². The molecule has 10 nitrogen and oxygen atoms in total. The molecule has 2 N–H and O–H groups in total. The van der Waals surface area contributed by atoms with Gasteiger partial charge in [0.05, 0.1) is 24.5 Å². The van der Waals surface area contributed by atoms with Crippen molar-refractivity contribution < 1.29 is 23.5 Å². The average Bonchev–Trinajstić information content (AvgIpc) is 3.47. The molecule has 12 heteroatoms. The number of thiazole rings is 1. The van der Waals surface area contributed by atoms with Crippen molar-refractivity contribution in [1.29, 1.82) is 0 Å². The molecule has 4 rings (SSSR count). The number of imidazole rings is 1. The molecule has 1 aromatic carbocycles. The van der Waals surface area contributed by atoms with Crippen molar-refractivity contribution in [3.8, 4) is 5.69 Å². The van der Waals surface area contributed by atoms with E-state index in [4.69, 9.17) is 4.74 Å². The van der Waals surface area contributed by atoms with Crippen molar-refractivity contribution in [2.75, 3.05) is 23.3 Å². The van der Waals surface area contributed by atoms with Crippen LogP contribution in [0.25, 0.3) is 5.69 Å². The highest BCUT2D eigenvalue weighted by Gasteiger charge is 2.32. The zero-order chi connectivity index (χ0) is 22.0. The molecule has 1 fully saturated rings. The minimum Gasteiger partial charge on any atom is -0.442 e. The first kappa shape index (κ1) is 20.5. The summed E-state index contributed by atoms with van der Waals surface area (Å²) < 4.78 is 21.4. The van der Waals surface area contributed by atoms with Crippen molar-refractivity contribution >= 4 is 40.1 Å². The van der Waals surface area contributed by atoms with E-state index >= 15 is 0 Å². The Morgan fingerprint density at radius 2 is 2.19 bits per heavy atom. The maximum Gasteiger partial charge on any atom is 0.414 e. The number of halogens is 1. The number of carbonyl (C=O) groups is 3. The predicted molar refractivity (Wildman–Crippen MR) is 110 cm³/mol. The molecular weight excluding hydrogens is 427 g/mol. The largest absolute Gasteiger partial charge is 0.442 e. The van der Waals surface area contributed by atoms with Crippen molar-refractivity contribution in [3.05, 3.63) is 53.8 Å². The van der Waals surface area contributed by atoms with Crippen LogP contribution in [0.4, 0.5) is 20.0 Å². The van der Waals surface area contributed by atoms with E-state index in [1.807, 2.05) is 0 Å². The number of anilines is 2. The van der Waals surface area contributed by atoms with Gasteiger partial charge in [-0.05, 0) is 18.2 Å². The SMILES string of the molecule is CC(=O)NC[C@H]1CN(c2ccc(-n3cnc(C(=O)Nc4nccs4)c3)c(F)c2)C(=O)O1. The quantitative estimate of drug-likeness (QED) is 0.602. The summed E-state index contributed by atoms with van der Waals surface area (Å²) in [6.07, 6.45) is 3.14. The van der Waals surface area contributed by atoms with Crippen LogP contribution in [0, 0.1) is 5.82 Å². The van der Waals surface area contributed by atoms with Gasteiger partial charge in [-0.25, -0.2) is 19.2 Å². The molecule has 3 aromatic rings. The van der Waals surface area contributed by atoms with Crippen LogP contribution in [0.3, 0.4) is 0 Å². The fourth-order valence-electron chi connectivity index (χ4n) is 2.99. The Morgan fingerprint density at radius 3 is 2.90 bits per heavy atom. The molecule has 0 spiro atoms. The number of nitrogens with one attached hydrogen (secondary N) is 2. The Labute approximate surface area is 179 Å². The van der Waals surface area contributed by atoms with Crippen LogP contribution in [0.2, 0.25) is 0 Å². The summed E-state index contributed by atoms with van der Waals surface area (Å²) in [6, 6.07) is 4.24. The molecule has 0 aliphatic carbocycles. The highest BCUT2D eigenvalue weighted by Crippen LogP contribution is 2.25. The summed E-state index contributed by atoms with van der Waals surface area (Å²) in [5.41, 5.74) is 0.577. The number of nitrogens with zero attached hydrogens (tertiary/aromatic N) is 4. The Morgan fingerprint density at radius 1 is 1.35 bits per heavy atom. The molecule has 1 atom stereocenters. The number of aromatic nitrogens is 3. The Balaban J connectivity index is 1.47. The van der Waals surface area contributed by atoms with Gasteiger partial charge in [-0.3, -0.25) is 19.8 Å². The first-order valence-corrected chi connectivity index (χ1v) is 10.1. The third-order valence-electron chi connectivity index (χ3n) is 4.44. The summed E-state index contributed by atoms with van der Waals surface area (Å²) in [5, 5.41) is 7.35. The first-order chi connectivity index (χ1) is 14.9. The topological polar surface area (TPSA) is 118 Å². The monoisotopic (exact) mass is 444 g/mol. The lowest BCUT2D eigenvalue weighted by atomic mass is 10.2. The summed E-state index contributed by atoms with van der Waals surface area (Å²) in [6.45, 7) is 1.73. The van der Waals surface area contributed by atoms with Crippen LogP contribution < -0.4 is 15.5 Å². The molecule has 3 amide bonds. The lowest BCUT2D eigenvalue weighted by Crippen LogP contribution is -2.33. The smallest absolute Gasteiger partial charge is 0.414 e. The second-order valence-corrected chi connectivity index (χ2v) is 7.54. The van der Waals surface area contributed by atoms with Gasteiger partial charge in [-0.2, -0.15) is 0 Å². The lowest BCUT2D eigenvalue weighted by molar-refractivity contribution is -0.119. The van der Waals surface area contributed by atoms with Crippen molar-refractivity contribution in [1.82, 2.24) is 19.9 Å². The lowest BCUT2D eigenvalue weighted by Gasteiger charge is -2.14. The molecular formula is C19H17FN6O4S. The number of ether oxygens (including phenoxy) is 1. The van der Waals surface area contributed by atoms with Gasteiger partial charge in [-0.1, -0.05) is 0 Å². The fraction of sp³-hybridized carbons (Fsp3) is 0.211. The van der Waals surface area contributed by atoms with Gasteiger partial charge in [0.25, 0.3) is 5.91 Å². The fourth-order valence-corrected chi connectivity index (χ4v) is 3.51. The first-order valence-electron chi connectivity index (χ1n) is 9.18. The average molecular weight is 444 g/mol. The van der Waals surface area contributed by atoms with E-state index in [1.165, 1.54) is 52.4 Å². The van der Waals surface area contributed by atoms with Gasteiger partial charge >= 0.3 is 6.09 Å². The van der Waals surface area contributed by atoms with Crippen LogP contribution >= 0.6 is 11.3 Å². The second-order valence-electron chi connectivity index (χ2n) is 6.65. The minimum absolute atomic E-state index is 0.0996. The maximum absolute atomic E-state index is 14.8. The minimum atomic E-state index is -0.619. The summed E-state index contributed by atoms with van der Waals surface area (Å²) in [5.74, 6) is -1.31. The van der Waals surface area contributed by atoms with E-state index in [9.17, 15) is 18.8 Å². The number of hydrogen-bond donors (Lipinski definition) is 2. The normalized spacial score (nSPS) is 15.6. The van der Waals surface area contributed by atoms with Gasteiger partial charge in [-0.15, -0.1) is 11.3 Å². The summed E-state index contributed by atoms with van der Waals surface area (Å²) >= 11 is 1.27. The molecule has 0 saturated carbocycles. The Bertz CT molecular complexity index is 1130. The zero-order valence-corrected chi connectivity index (χ0v) is 17.1. The van der Waals surface area contributed by atoms with Crippen molar-refractivity contribution in [3.63, 3.8) is 0 Å². The Hall–Kier alpha value is -3.80. The second kappa shape index (κ2) is 8.52. The number of cyclic esters (lactones) is 1. The number of hydrogen-bond acceptors (Lipinski definition) is 7. The molecule has 1 saturated heterocycles. The predicted octanol–water partition coefficient (Wildman–Crippen LogP) is 2.18. The molecule has 3 heterocycles. The van der Waals surface area contributed by atoms with Gasteiger partial charge in [0.15, 0.2) is 5.13 Å². The molecule has 1 aliphatic rings. The third-order valence-corrected chi connectivity index (χ3v) is 5.13. The van der Waals surface area contributed by atoms with Gasteiger partial charge in [0, 0.05) is 24.7 Å². The van der Waals surface area contributed by atoms with Crippen LogP contribution in [0.1, 0.15) is 17.4 Å². The number of amides is 3. The van der Waals surface area contributed by atoms with Crippen LogP contribution in [0.15, 0.2) is 42.3 Å². The maximum atomic E-state index is 14.8. The van der Waals surface area contributed by atoms with Crippen LogP contribution in [-0.4, -0.2) is 51.6 Å². The summed E-state index contributed by atoms with van der Waals surface area (Å²) in [7, 11) is 0. The molecule has 160 valence electrons. The van der Waals surface area contributed by atoms with Gasteiger partial charge < -0.3 is 14.6 Å². The molecule has 2 aromatic heterocycles. The van der Waals surface area contributed by atoms with E-state index in [1.54, 1.807) is 17.6 Å². The molecule has 0 unspecified atom stereocenters. The number of carbonyl (C=O) groups excluding carboxylic acids is 3.